The van der Waals surface area contributed by atoms with E-state index in [0.29, 0.717) is 0 Å². The van der Waals surface area contributed by atoms with E-state index < -0.39 is 0 Å². The molecule has 0 saturated carbocycles. The van der Waals surface area contributed by atoms with Crippen LogP contribution in [0.2, 0.25) is 0 Å². The summed E-state index contributed by atoms with van der Waals surface area (Å²) in [6.07, 6.45) is 0. The zero-order valence-electron chi connectivity index (χ0n) is 9.27. The van der Waals surface area contributed by atoms with Gasteiger partial charge in [-0.25, -0.2) is 0 Å². The summed E-state index contributed by atoms with van der Waals surface area (Å²) in [6, 6.07) is 16.3. The lowest BCUT2D eigenvalue weighted by atomic mass is 9.96. The largest absolute Gasteiger partial charge is 0.143 e. The highest BCUT2D eigenvalue weighted by atomic mass is 32.1. The summed E-state index contributed by atoms with van der Waals surface area (Å²) >= 11 is 4.46. The van der Waals surface area contributed by atoms with E-state index in [1.165, 1.54) is 11.1 Å². The number of thiol groups is 1. The second-order valence-electron chi connectivity index (χ2n) is 3.81. The van der Waals surface area contributed by atoms with Crippen molar-refractivity contribution in [2.24, 2.45) is 0 Å². The van der Waals surface area contributed by atoms with E-state index in [1.807, 2.05) is 30.3 Å². The van der Waals surface area contributed by atoms with E-state index in [2.05, 4.69) is 44.3 Å². The molecule has 0 amide bonds. The Morgan fingerprint density at radius 1 is 0.938 bits per heavy atom. The lowest BCUT2D eigenvalue weighted by Crippen LogP contribution is -1.90. The van der Waals surface area contributed by atoms with Crippen molar-refractivity contribution < 1.29 is 0 Å². The average Bonchev–Trinajstić information content (AvgIpc) is 2.29. The van der Waals surface area contributed by atoms with Crippen LogP contribution in [0, 0.1) is 6.92 Å². The molecule has 2 aromatic carbocycles. The van der Waals surface area contributed by atoms with Gasteiger partial charge in [-0.2, -0.15) is 0 Å². The summed E-state index contributed by atoms with van der Waals surface area (Å²) < 4.78 is 0. The van der Waals surface area contributed by atoms with Gasteiger partial charge in [0.05, 0.1) is 0 Å². The lowest BCUT2D eigenvalue weighted by molar-refractivity contribution is 1.37. The second kappa shape index (κ2) is 4.58. The van der Waals surface area contributed by atoms with Gasteiger partial charge in [-0.1, -0.05) is 49.0 Å². The van der Waals surface area contributed by atoms with Gasteiger partial charge in [0.1, 0.15) is 0 Å². The first kappa shape index (κ1) is 11.0. The molecule has 1 heteroatoms. The van der Waals surface area contributed by atoms with Crippen LogP contribution in [0.1, 0.15) is 16.7 Å². The maximum Gasteiger partial charge on any atom is 0.0119 e. The highest BCUT2D eigenvalue weighted by Gasteiger charge is 2.06. The highest BCUT2D eigenvalue weighted by molar-refractivity contribution is 7.80. The number of rotatable bonds is 2. The van der Waals surface area contributed by atoms with Crippen LogP contribution in [0.25, 0.3) is 5.57 Å². The van der Waals surface area contributed by atoms with Crippen molar-refractivity contribution in [1.82, 2.24) is 0 Å². The van der Waals surface area contributed by atoms with E-state index in [-0.39, 0.29) is 0 Å². The minimum Gasteiger partial charge on any atom is -0.143 e. The highest BCUT2D eigenvalue weighted by Crippen LogP contribution is 2.28. The van der Waals surface area contributed by atoms with E-state index >= 15 is 0 Å². The molecule has 0 aromatic heterocycles. The molecule has 0 aliphatic heterocycles. The van der Waals surface area contributed by atoms with Crippen LogP contribution in [-0.4, -0.2) is 0 Å². The third-order valence-corrected chi connectivity index (χ3v) is 3.09. The fourth-order valence-corrected chi connectivity index (χ4v) is 2.08. The first-order chi connectivity index (χ1) is 7.70. The van der Waals surface area contributed by atoms with Crippen molar-refractivity contribution >= 4 is 18.2 Å². The molecular weight excluding hydrogens is 212 g/mol. The lowest BCUT2D eigenvalue weighted by Gasteiger charge is -2.11. The molecule has 0 radical (unpaired) electrons. The quantitative estimate of drug-likeness (QED) is 0.723. The maximum atomic E-state index is 4.46. The molecule has 0 nitrogen and oxygen atoms in total. The molecule has 0 atom stereocenters. The van der Waals surface area contributed by atoms with Crippen LogP contribution in [0.5, 0.6) is 0 Å². The molecule has 0 aliphatic rings. The number of hydrogen-bond acceptors (Lipinski definition) is 1. The third-order valence-electron chi connectivity index (χ3n) is 2.70. The standard InChI is InChI=1S/C15H14S/c1-11-7-3-4-8-13(11)12(2)14-9-5-6-10-15(14)16/h3-10,16H,2H2,1H3. The molecule has 0 fully saturated rings. The maximum absolute atomic E-state index is 4.46. The monoisotopic (exact) mass is 226 g/mol. The van der Waals surface area contributed by atoms with Crippen LogP contribution >= 0.6 is 12.6 Å². The van der Waals surface area contributed by atoms with Gasteiger partial charge in [0.15, 0.2) is 0 Å². The Labute approximate surface area is 102 Å². The predicted molar refractivity (Wildman–Crippen MR) is 73.0 cm³/mol. The van der Waals surface area contributed by atoms with Gasteiger partial charge in [-0.3, -0.25) is 0 Å². The normalized spacial score (nSPS) is 10.1. The van der Waals surface area contributed by atoms with E-state index in [9.17, 15) is 0 Å². The number of aryl methyl sites for hydroxylation is 1. The minimum absolute atomic E-state index is 0.968. The van der Waals surface area contributed by atoms with Crippen molar-refractivity contribution in [3.8, 4) is 0 Å². The molecule has 0 saturated heterocycles. The van der Waals surface area contributed by atoms with Crippen LogP contribution in [0.4, 0.5) is 0 Å². The van der Waals surface area contributed by atoms with E-state index in [0.717, 1.165) is 16.0 Å². The summed E-state index contributed by atoms with van der Waals surface area (Å²) in [5.41, 5.74) is 4.55. The molecule has 0 N–H and O–H groups in total. The van der Waals surface area contributed by atoms with E-state index in [4.69, 9.17) is 0 Å². The third kappa shape index (κ3) is 2.05. The Morgan fingerprint density at radius 3 is 2.12 bits per heavy atom. The molecular formula is C15H14S. The van der Waals surface area contributed by atoms with Crippen LogP contribution < -0.4 is 0 Å². The molecule has 0 bridgehead atoms. The van der Waals surface area contributed by atoms with Crippen molar-refractivity contribution in [1.29, 1.82) is 0 Å². The molecule has 2 aromatic rings. The first-order valence-corrected chi connectivity index (χ1v) is 5.68. The fraction of sp³-hybridized carbons (Fsp3) is 0.0667. The van der Waals surface area contributed by atoms with E-state index in [1.54, 1.807) is 0 Å². The summed E-state index contributed by atoms with van der Waals surface area (Å²) in [6.45, 7) is 6.27. The minimum atomic E-state index is 0.968. The SMILES string of the molecule is C=C(c1ccccc1C)c1ccccc1S. The number of hydrogen-bond donors (Lipinski definition) is 1. The van der Waals surface area contributed by atoms with Crippen molar-refractivity contribution in [2.75, 3.05) is 0 Å². The van der Waals surface area contributed by atoms with Gasteiger partial charge in [-0.05, 0) is 35.3 Å². The average molecular weight is 226 g/mol. The Morgan fingerprint density at radius 2 is 1.50 bits per heavy atom. The van der Waals surface area contributed by atoms with Crippen LogP contribution in [-0.2, 0) is 0 Å². The van der Waals surface area contributed by atoms with Gasteiger partial charge < -0.3 is 0 Å². The Balaban J connectivity index is 2.48. The summed E-state index contributed by atoms with van der Waals surface area (Å²) in [4.78, 5) is 0.968. The van der Waals surface area contributed by atoms with Gasteiger partial charge in [0.2, 0.25) is 0 Å². The molecule has 0 aliphatic carbocycles. The summed E-state index contributed by atoms with van der Waals surface area (Å²) in [5, 5.41) is 0. The molecule has 0 spiro atoms. The zero-order valence-corrected chi connectivity index (χ0v) is 10.2. The summed E-state index contributed by atoms with van der Waals surface area (Å²) in [7, 11) is 0. The molecule has 2 rings (SSSR count). The number of benzene rings is 2. The smallest absolute Gasteiger partial charge is 0.0119 e. The molecule has 80 valence electrons. The first-order valence-electron chi connectivity index (χ1n) is 5.23. The topological polar surface area (TPSA) is 0 Å². The predicted octanol–water partition coefficient (Wildman–Crippen LogP) is 4.35. The van der Waals surface area contributed by atoms with Gasteiger partial charge in [0, 0.05) is 4.90 Å². The zero-order chi connectivity index (χ0) is 11.5. The molecule has 16 heavy (non-hydrogen) atoms. The van der Waals surface area contributed by atoms with Crippen LogP contribution in [0.3, 0.4) is 0 Å². The molecule has 0 unspecified atom stereocenters. The van der Waals surface area contributed by atoms with Crippen LogP contribution in [0.15, 0.2) is 60.0 Å². The Bertz CT molecular complexity index is 479. The second-order valence-corrected chi connectivity index (χ2v) is 4.29. The van der Waals surface area contributed by atoms with Crippen molar-refractivity contribution in [2.45, 2.75) is 11.8 Å². The van der Waals surface area contributed by atoms with Gasteiger partial charge >= 0.3 is 0 Å². The van der Waals surface area contributed by atoms with Crippen molar-refractivity contribution in [3.05, 3.63) is 71.8 Å². The Hall–Kier alpha value is -1.47. The fourth-order valence-electron chi connectivity index (χ4n) is 1.79. The Kier molecular flexibility index (Phi) is 3.16. The summed E-state index contributed by atoms with van der Waals surface area (Å²) in [5.74, 6) is 0. The van der Waals surface area contributed by atoms with Gasteiger partial charge in [0.25, 0.3) is 0 Å². The molecule has 0 heterocycles. The van der Waals surface area contributed by atoms with Crippen molar-refractivity contribution in [3.63, 3.8) is 0 Å². The van der Waals surface area contributed by atoms with Gasteiger partial charge in [-0.15, -0.1) is 12.6 Å².